The third kappa shape index (κ3) is 3.55. The van der Waals surface area contributed by atoms with Crippen LogP contribution in [0.25, 0.3) is 20.9 Å². The zero-order chi connectivity index (χ0) is 17.9. The maximum Gasteiger partial charge on any atom is 0.172 e. The van der Waals surface area contributed by atoms with E-state index < -0.39 is 0 Å². The second-order valence-electron chi connectivity index (χ2n) is 6.24. The molecule has 1 heterocycles. The van der Waals surface area contributed by atoms with E-state index in [9.17, 15) is 0 Å². The second kappa shape index (κ2) is 7.40. The van der Waals surface area contributed by atoms with Crippen molar-refractivity contribution in [2.45, 2.75) is 13.8 Å². The van der Waals surface area contributed by atoms with Crippen LogP contribution in [0.4, 0.5) is 5.69 Å². The standard InChI is InChI=1S/C23H19NS2/c1-16-13-14-20(15-17(16)2)24-23-25-21(18-9-5-3-6-10-18)22(26-23)19-11-7-4-8-12-19/h3-15H,1-2H3. The summed E-state index contributed by atoms with van der Waals surface area (Å²) in [4.78, 5) is 7.48. The van der Waals surface area contributed by atoms with Gasteiger partial charge in [0.15, 0.2) is 3.98 Å². The van der Waals surface area contributed by atoms with Crippen LogP contribution in [0.5, 0.6) is 0 Å². The van der Waals surface area contributed by atoms with Gasteiger partial charge in [-0.2, -0.15) is 0 Å². The average molecular weight is 374 g/mol. The van der Waals surface area contributed by atoms with Crippen molar-refractivity contribution in [1.29, 1.82) is 0 Å². The Morgan fingerprint density at radius 2 is 1.15 bits per heavy atom. The number of hydrogen-bond acceptors (Lipinski definition) is 3. The van der Waals surface area contributed by atoms with Gasteiger partial charge in [-0.25, -0.2) is 4.99 Å². The molecule has 128 valence electrons. The predicted octanol–water partition coefficient (Wildman–Crippen LogP) is 6.99. The van der Waals surface area contributed by atoms with Gasteiger partial charge in [-0.15, -0.1) is 22.7 Å². The van der Waals surface area contributed by atoms with Gasteiger partial charge in [0.1, 0.15) is 0 Å². The summed E-state index contributed by atoms with van der Waals surface area (Å²) in [7, 11) is 0. The third-order valence-corrected chi connectivity index (χ3v) is 6.82. The molecule has 0 atom stereocenters. The Bertz CT molecular complexity index is 1030. The molecule has 0 N–H and O–H groups in total. The Kier molecular flexibility index (Phi) is 4.83. The van der Waals surface area contributed by atoms with Gasteiger partial charge in [-0.3, -0.25) is 0 Å². The van der Waals surface area contributed by atoms with E-state index in [0.29, 0.717) is 0 Å². The first-order valence-corrected chi connectivity index (χ1v) is 10.2. The molecule has 4 aromatic rings. The van der Waals surface area contributed by atoms with Crippen LogP contribution >= 0.6 is 22.7 Å². The van der Waals surface area contributed by atoms with E-state index in [-0.39, 0.29) is 0 Å². The lowest BCUT2D eigenvalue weighted by Gasteiger charge is -2.02. The molecule has 4 rings (SSSR count). The van der Waals surface area contributed by atoms with Gasteiger partial charge in [0.2, 0.25) is 0 Å². The molecule has 0 aliphatic carbocycles. The first kappa shape index (κ1) is 17.0. The van der Waals surface area contributed by atoms with Gasteiger partial charge < -0.3 is 0 Å². The molecule has 1 aromatic heterocycles. The van der Waals surface area contributed by atoms with E-state index in [1.807, 2.05) is 0 Å². The molecule has 3 heteroatoms. The number of hydrogen-bond donors (Lipinski definition) is 0. The zero-order valence-electron chi connectivity index (χ0n) is 14.8. The van der Waals surface area contributed by atoms with Crippen molar-refractivity contribution in [2.24, 2.45) is 4.99 Å². The molecule has 0 radical (unpaired) electrons. The van der Waals surface area contributed by atoms with Crippen LogP contribution < -0.4 is 3.98 Å². The van der Waals surface area contributed by atoms with Crippen LogP contribution in [0.1, 0.15) is 11.1 Å². The van der Waals surface area contributed by atoms with Crippen LogP contribution in [0.15, 0.2) is 83.9 Å². The first-order valence-electron chi connectivity index (χ1n) is 8.57. The molecular formula is C23H19NS2. The SMILES string of the molecule is Cc1ccc(N=c2sc(-c3ccccc3)c(-c3ccccc3)s2)cc1C. The molecule has 26 heavy (non-hydrogen) atoms. The molecule has 0 saturated carbocycles. The van der Waals surface area contributed by atoms with Gasteiger partial charge in [0.25, 0.3) is 0 Å². The Labute approximate surface area is 162 Å². The molecule has 0 aliphatic rings. The van der Waals surface area contributed by atoms with E-state index in [1.54, 1.807) is 22.7 Å². The highest BCUT2D eigenvalue weighted by Crippen LogP contribution is 2.37. The molecular weight excluding hydrogens is 354 g/mol. The van der Waals surface area contributed by atoms with Gasteiger partial charge in [-0.05, 0) is 48.2 Å². The summed E-state index contributed by atoms with van der Waals surface area (Å²) in [5.74, 6) is 0. The highest BCUT2D eigenvalue weighted by molar-refractivity contribution is 7.32. The van der Waals surface area contributed by atoms with E-state index >= 15 is 0 Å². The highest BCUT2D eigenvalue weighted by atomic mass is 32.2. The van der Waals surface area contributed by atoms with Gasteiger partial charge in [0.05, 0.1) is 15.4 Å². The van der Waals surface area contributed by atoms with E-state index in [1.165, 1.54) is 32.0 Å². The van der Waals surface area contributed by atoms with Crippen LogP contribution in [0.3, 0.4) is 0 Å². The summed E-state index contributed by atoms with van der Waals surface area (Å²) >= 11 is 3.53. The lowest BCUT2D eigenvalue weighted by atomic mass is 10.1. The highest BCUT2D eigenvalue weighted by Gasteiger charge is 2.12. The van der Waals surface area contributed by atoms with Gasteiger partial charge in [-0.1, -0.05) is 66.7 Å². The van der Waals surface area contributed by atoms with Crippen LogP contribution in [-0.4, -0.2) is 0 Å². The van der Waals surface area contributed by atoms with Crippen molar-refractivity contribution in [3.63, 3.8) is 0 Å². The lowest BCUT2D eigenvalue weighted by Crippen LogP contribution is -1.85. The summed E-state index contributed by atoms with van der Waals surface area (Å²) in [5.41, 5.74) is 6.08. The number of benzene rings is 3. The normalized spacial score (nSPS) is 10.7. The fourth-order valence-corrected chi connectivity index (χ4v) is 5.29. The van der Waals surface area contributed by atoms with Gasteiger partial charge >= 0.3 is 0 Å². The molecule has 0 saturated heterocycles. The topological polar surface area (TPSA) is 12.4 Å². The van der Waals surface area contributed by atoms with Gasteiger partial charge in [0, 0.05) is 0 Å². The van der Waals surface area contributed by atoms with E-state index in [2.05, 4.69) is 92.7 Å². The Morgan fingerprint density at radius 1 is 0.615 bits per heavy atom. The fourth-order valence-electron chi connectivity index (χ4n) is 2.79. The summed E-state index contributed by atoms with van der Waals surface area (Å²) in [6.07, 6.45) is 0. The molecule has 0 spiro atoms. The minimum absolute atomic E-state index is 1.02. The predicted molar refractivity (Wildman–Crippen MR) is 114 cm³/mol. The molecule has 0 fully saturated rings. The van der Waals surface area contributed by atoms with E-state index in [0.717, 1.165) is 9.67 Å². The minimum atomic E-state index is 1.02. The van der Waals surface area contributed by atoms with Crippen molar-refractivity contribution in [1.82, 2.24) is 0 Å². The van der Waals surface area contributed by atoms with Crippen molar-refractivity contribution in [3.05, 3.63) is 94.0 Å². The minimum Gasteiger partial charge on any atom is -0.228 e. The summed E-state index contributed by atoms with van der Waals surface area (Å²) in [6.45, 7) is 4.27. The first-order chi connectivity index (χ1) is 12.7. The summed E-state index contributed by atoms with van der Waals surface area (Å²) in [6, 6.07) is 27.6. The van der Waals surface area contributed by atoms with E-state index in [4.69, 9.17) is 4.99 Å². The van der Waals surface area contributed by atoms with Crippen LogP contribution in [0, 0.1) is 13.8 Å². The largest absolute Gasteiger partial charge is 0.228 e. The van der Waals surface area contributed by atoms with Crippen LogP contribution in [-0.2, 0) is 0 Å². The molecule has 0 unspecified atom stereocenters. The summed E-state index contributed by atoms with van der Waals surface area (Å²) in [5, 5.41) is 0. The lowest BCUT2D eigenvalue weighted by molar-refractivity contribution is 1.31. The monoisotopic (exact) mass is 373 g/mol. The Hall–Kier alpha value is -2.49. The fraction of sp³-hybridized carbons (Fsp3) is 0.0870. The Balaban J connectivity index is 1.88. The molecule has 1 nitrogen and oxygen atoms in total. The molecule has 3 aromatic carbocycles. The smallest absolute Gasteiger partial charge is 0.172 e. The van der Waals surface area contributed by atoms with Crippen molar-refractivity contribution >= 4 is 28.4 Å². The number of nitrogens with zero attached hydrogens (tertiary/aromatic N) is 1. The quantitative estimate of drug-likeness (QED) is 0.367. The number of rotatable bonds is 3. The maximum absolute atomic E-state index is 4.91. The molecule has 0 amide bonds. The molecule has 0 aliphatic heterocycles. The zero-order valence-corrected chi connectivity index (χ0v) is 16.4. The molecule has 0 bridgehead atoms. The van der Waals surface area contributed by atoms with Crippen molar-refractivity contribution in [2.75, 3.05) is 0 Å². The number of aryl methyl sites for hydroxylation is 2. The van der Waals surface area contributed by atoms with Crippen molar-refractivity contribution < 1.29 is 0 Å². The van der Waals surface area contributed by atoms with Crippen molar-refractivity contribution in [3.8, 4) is 20.9 Å². The maximum atomic E-state index is 4.91. The van der Waals surface area contributed by atoms with Crippen LogP contribution in [0.2, 0.25) is 0 Å². The second-order valence-corrected chi connectivity index (χ2v) is 8.50. The Morgan fingerprint density at radius 3 is 1.65 bits per heavy atom. The summed E-state index contributed by atoms with van der Waals surface area (Å²) < 4.78 is 1.07. The third-order valence-electron chi connectivity index (χ3n) is 4.37. The average Bonchev–Trinajstić information content (AvgIpc) is 3.10.